The molecule has 15 heteroatoms. The number of aromatic amines is 1. The van der Waals surface area contributed by atoms with Gasteiger partial charge in [0.05, 0.1) is 35.8 Å². The maximum Gasteiger partial charge on any atom is 0.362 e. The number of epoxide rings is 1. The molecule has 7 atom stereocenters. The largest absolute Gasteiger partial charge is 0.388 e. The van der Waals surface area contributed by atoms with Gasteiger partial charge in [-0.3, -0.25) is 18.9 Å². The van der Waals surface area contributed by atoms with E-state index in [-0.39, 0.29) is 25.3 Å². The highest BCUT2D eigenvalue weighted by atomic mass is 31.2. The lowest BCUT2D eigenvalue weighted by Crippen LogP contribution is -2.39. The Labute approximate surface area is 206 Å². The summed E-state index contributed by atoms with van der Waals surface area (Å²) in [7, 11) is -4.17. The van der Waals surface area contributed by atoms with E-state index in [4.69, 9.17) is 14.0 Å². The van der Waals surface area contributed by atoms with Gasteiger partial charge in [-0.15, -0.1) is 5.10 Å². The van der Waals surface area contributed by atoms with E-state index in [9.17, 15) is 29.3 Å². The predicted molar refractivity (Wildman–Crippen MR) is 124 cm³/mol. The van der Waals surface area contributed by atoms with E-state index in [1.54, 1.807) is 33.9 Å². The van der Waals surface area contributed by atoms with Gasteiger partial charge in [0.2, 0.25) is 0 Å². The number of nitrogens with zero attached hydrogens (tertiary/aromatic N) is 4. The van der Waals surface area contributed by atoms with Crippen LogP contribution in [0, 0.1) is 6.92 Å². The van der Waals surface area contributed by atoms with Gasteiger partial charge in [-0.05, 0) is 26.7 Å². The van der Waals surface area contributed by atoms with E-state index in [2.05, 4.69) is 15.3 Å². The van der Waals surface area contributed by atoms with Crippen molar-refractivity contribution < 1.29 is 33.7 Å². The van der Waals surface area contributed by atoms with Crippen molar-refractivity contribution in [1.82, 2.24) is 24.5 Å². The van der Waals surface area contributed by atoms with Gasteiger partial charge in [0, 0.05) is 12.6 Å². The molecule has 200 valence electrons. The minimum absolute atomic E-state index is 0.0433. The molecule has 0 amide bonds. The molecule has 2 aliphatic heterocycles. The van der Waals surface area contributed by atoms with Gasteiger partial charge in [0.25, 0.3) is 5.56 Å². The molecule has 0 spiro atoms. The van der Waals surface area contributed by atoms with Gasteiger partial charge in [-0.25, -0.2) is 9.48 Å². The quantitative estimate of drug-likeness (QED) is 0.239. The van der Waals surface area contributed by atoms with E-state index in [0.29, 0.717) is 18.5 Å². The van der Waals surface area contributed by atoms with E-state index in [1.165, 1.54) is 15.4 Å². The SMILES string of the molecule is CCC(C)(CC1OC(c2cn(Cn3cc(C)nn3)c(=O)[nH]c2=O)C(O)C1O)OP(=O)(O)C1(CC)CO1. The highest BCUT2D eigenvalue weighted by Crippen LogP contribution is 2.66. The molecule has 4 heterocycles. The molecule has 36 heavy (non-hydrogen) atoms. The number of H-pyrrole nitrogens is 1. The van der Waals surface area contributed by atoms with E-state index >= 15 is 0 Å². The standard InChI is InChI=1S/C21H32N5O9P/c1-5-20(4,35-36(31,32)21(6-2)10-33-21)7-14-15(27)16(28)17(34-14)13-9-25(19(30)22-18(13)29)11-26-8-12(3)23-24-26/h8-9,14-17,27-28H,5-7,10-11H2,1-4H3,(H,31,32)(H,22,29,30). The summed E-state index contributed by atoms with van der Waals surface area (Å²) in [5.74, 6) is 0. The first-order chi connectivity index (χ1) is 16.8. The number of ether oxygens (including phenoxy) is 2. The maximum atomic E-state index is 12.9. The molecular formula is C21H32N5O9P. The lowest BCUT2D eigenvalue weighted by atomic mass is 9.92. The topological polar surface area (TPSA) is 194 Å². The van der Waals surface area contributed by atoms with E-state index in [0.717, 1.165) is 0 Å². The summed E-state index contributed by atoms with van der Waals surface area (Å²) >= 11 is 0. The van der Waals surface area contributed by atoms with Crippen molar-refractivity contribution in [2.75, 3.05) is 6.61 Å². The number of aryl methyl sites for hydroxylation is 1. The number of hydrogen-bond acceptors (Lipinski definition) is 10. The summed E-state index contributed by atoms with van der Waals surface area (Å²) in [4.78, 5) is 37.7. The van der Waals surface area contributed by atoms with Crippen molar-refractivity contribution in [2.45, 2.75) is 89.0 Å². The number of nitrogens with one attached hydrogen (secondary N) is 1. The Hall–Kier alpha value is -2.19. The molecule has 14 nitrogen and oxygen atoms in total. The molecule has 0 aliphatic carbocycles. The first-order valence-corrected chi connectivity index (χ1v) is 13.3. The molecule has 2 saturated heterocycles. The summed E-state index contributed by atoms with van der Waals surface area (Å²) in [5, 5.41) is 28.0. The molecule has 2 fully saturated rings. The molecule has 0 radical (unpaired) electrons. The van der Waals surface area contributed by atoms with Crippen LogP contribution in [0.2, 0.25) is 0 Å². The molecule has 0 saturated carbocycles. The van der Waals surface area contributed by atoms with Crippen LogP contribution in [-0.2, 0) is 25.2 Å². The van der Waals surface area contributed by atoms with E-state index < -0.39 is 54.2 Å². The van der Waals surface area contributed by atoms with Crippen molar-refractivity contribution >= 4 is 7.60 Å². The summed E-state index contributed by atoms with van der Waals surface area (Å²) in [6, 6.07) is 0. The van der Waals surface area contributed by atoms with Crippen molar-refractivity contribution in [3.63, 3.8) is 0 Å². The summed E-state index contributed by atoms with van der Waals surface area (Å²) in [6.07, 6.45) is -1.78. The molecule has 4 rings (SSSR count). The highest BCUT2D eigenvalue weighted by Gasteiger charge is 2.61. The van der Waals surface area contributed by atoms with Gasteiger partial charge in [0.1, 0.15) is 25.0 Å². The maximum absolute atomic E-state index is 12.9. The smallest absolute Gasteiger partial charge is 0.362 e. The average molecular weight is 529 g/mol. The third kappa shape index (κ3) is 4.99. The number of aromatic nitrogens is 5. The lowest BCUT2D eigenvalue weighted by Gasteiger charge is -2.34. The first-order valence-electron chi connectivity index (χ1n) is 11.7. The van der Waals surface area contributed by atoms with Crippen LogP contribution < -0.4 is 11.2 Å². The lowest BCUT2D eigenvalue weighted by molar-refractivity contribution is -0.0486. The second-order valence-electron chi connectivity index (χ2n) is 9.64. The fourth-order valence-corrected chi connectivity index (χ4v) is 6.09. The summed E-state index contributed by atoms with van der Waals surface area (Å²) in [5.41, 5.74) is -2.09. The Kier molecular flexibility index (Phi) is 7.16. The Morgan fingerprint density at radius 2 is 2.00 bits per heavy atom. The predicted octanol–water partition coefficient (Wildman–Crippen LogP) is 0.00132. The Bertz CT molecular complexity index is 1270. The zero-order chi connectivity index (χ0) is 26.5. The van der Waals surface area contributed by atoms with Gasteiger partial charge >= 0.3 is 13.3 Å². The van der Waals surface area contributed by atoms with Gasteiger partial charge < -0.3 is 29.1 Å². The highest BCUT2D eigenvalue weighted by molar-refractivity contribution is 7.54. The normalized spacial score (nSPS) is 31.2. The molecular weight excluding hydrogens is 497 g/mol. The monoisotopic (exact) mass is 529 g/mol. The Morgan fingerprint density at radius 1 is 1.31 bits per heavy atom. The zero-order valence-corrected chi connectivity index (χ0v) is 21.4. The van der Waals surface area contributed by atoms with Crippen molar-refractivity contribution in [3.05, 3.63) is 44.5 Å². The van der Waals surface area contributed by atoms with Crippen LogP contribution in [0.15, 0.2) is 22.0 Å². The van der Waals surface area contributed by atoms with Crippen LogP contribution in [0.4, 0.5) is 0 Å². The molecule has 2 aromatic heterocycles. The number of rotatable bonds is 10. The molecule has 0 aromatic carbocycles. The zero-order valence-electron chi connectivity index (χ0n) is 20.5. The molecule has 7 unspecified atom stereocenters. The van der Waals surface area contributed by atoms with Crippen molar-refractivity contribution in [1.29, 1.82) is 0 Å². The number of aliphatic hydroxyl groups is 2. The third-order valence-electron chi connectivity index (χ3n) is 6.93. The van der Waals surface area contributed by atoms with Crippen LogP contribution in [0.3, 0.4) is 0 Å². The van der Waals surface area contributed by atoms with Crippen LogP contribution >= 0.6 is 7.60 Å². The second kappa shape index (κ2) is 9.60. The Balaban J connectivity index is 1.55. The Morgan fingerprint density at radius 3 is 2.56 bits per heavy atom. The summed E-state index contributed by atoms with van der Waals surface area (Å²) in [6.45, 7) is 6.91. The second-order valence-corrected chi connectivity index (χ2v) is 11.7. The third-order valence-corrected chi connectivity index (χ3v) is 9.22. The fourth-order valence-electron chi connectivity index (χ4n) is 4.33. The van der Waals surface area contributed by atoms with Gasteiger partial charge in [-0.1, -0.05) is 19.1 Å². The van der Waals surface area contributed by atoms with Crippen LogP contribution in [0.5, 0.6) is 0 Å². The molecule has 4 N–H and O–H groups in total. The fraction of sp³-hybridized carbons (Fsp3) is 0.714. The van der Waals surface area contributed by atoms with E-state index in [1.807, 2.05) is 0 Å². The molecule has 2 aliphatic rings. The minimum atomic E-state index is -4.17. The van der Waals surface area contributed by atoms with Crippen LogP contribution in [-0.4, -0.2) is 75.5 Å². The van der Waals surface area contributed by atoms with Crippen LogP contribution in [0.1, 0.15) is 57.4 Å². The van der Waals surface area contributed by atoms with Crippen molar-refractivity contribution in [3.8, 4) is 0 Å². The van der Waals surface area contributed by atoms with Gasteiger partial charge in [-0.2, -0.15) is 0 Å². The van der Waals surface area contributed by atoms with Crippen molar-refractivity contribution in [2.24, 2.45) is 0 Å². The number of hydrogen-bond donors (Lipinski definition) is 4. The number of aliphatic hydroxyl groups excluding tert-OH is 2. The molecule has 0 bridgehead atoms. The average Bonchev–Trinajstić information content (AvgIpc) is 3.47. The van der Waals surface area contributed by atoms with Gasteiger partial charge in [0.15, 0.2) is 5.34 Å². The first kappa shape index (κ1) is 26.9. The minimum Gasteiger partial charge on any atom is -0.388 e. The summed E-state index contributed by atoms with van der Waals surface area (Å²) < 4.78 is 32.3. The van der Waals surface area contributed by atoms with Crippen LogP contribution in [0.25, 0.3) is 0 Å². The molecule has 2 aromatic rings.